The molecule has 1 fully saturated rings. The van der Waals surface area contributed by atoms with Gasteiger partial charge in [-0.25, -0.2) is 4.98 Å². The second-order valence-electron chi connectivity index (χ2n) is 8.63. The van der Waals surface area contributed by atoms with Crippen LogP contribution in [0.25, 0.3) is 11.3 Å². The smallest absolute Gasteiger partial charge is 0.223 e. The SMILES string of the molecule is CC(=O)CCCCCC(NC(=O)C1CCN(C)CC1)c1ncc(-c2ccc(Cl)cc2)[nH]1. The minimum absolute atomic E-state index is 0.0575. The molecule has 1 aromatic carbocycles. The number of halogens is 1. The standard InChI is InChI=1S/C24H33ClN4O2/c1-17(30)6-4-3-5-7-21(28-24(31)19-12-14-29(2)15-13-19)23-26-16-22(27-23)18-8-10-20(25)11-9-18/h8-11,16,19,21H,3-7,12-15H2,1-2H3,(H,26,27)(H,28,31). The van der Waals surface area contributed by atoms with Gasteiger partial charge >= 0.3 is 0 Å². The molecule has 1 saturated heterocycles. The third-order valence-corrected chi connectivity index (χ3v) is 6.26. The van der Waals surface area contributed by atoms with Crippen molar-refractivity contribution in [2.45, 2.75) is 57.9 Å². The second kappa shape index (κ2) is 11.4. The summed E-state index contributed by atoms with van der Waals surface area (Å²) in [5.41, 5.74) is 1.91. The molecule has 1 atom stereocenters. The van der Waals surface area contributed by atoms with E-state index in [1.54, 1.807) is 6.92 Å². The van der Waals surface area contributed by atoms with E-state index < -0.39 is 0 Å². The van der Waals surface area contributed by atoms with Crippen LogP contribution in [-0.4, -0.2) is 46.7 Å². The highest BCUT2D eigenvalue weighted by molar-refractivity contribution is 6.30. The molecule has 2 aromatic rings. The molecule has 1 aromatic heterocycles. The fraction of sp³-hybridized carbons (Fsp3) is 0.542. The van der Waals surface area contributed by atoms with Crippen LogP contribution >= 0.6 is 11.6 Å². The Balaban J connectivity index is 1.66. The van der Waals surface area contributed by atoms with Crippen LogP contribution in [0.5, 0.6) is 0 Å². The average Bonchev–Trinajstić information content (AvgIpc) is 3.23. The van der Waals surface area contributed by atoms with E-state index in [0.29, 0.717) is 11.4 Å². The number of nitrogens with one attached hydrogen (secondary N) is 2. The molecule has 7 heteroatoms. The lowest BCUT2D eigenvalue weighted by Gasteiger charge is -2.29. The number of carbonyl (C=O) groups is 2. The van der Waals surface area contributed by atoms with E-state index in [2.05, 4.69) is 27.2 Å². The van der Waals surface area contributed by atoms with Crippen molar-refractivity contribution < 1.29 is 9.59 Å². The summed E-state index contributed by atoms with van der Waals surface area (Å²) in [5, 5.41) is 3.94. The summed E-state index contributed by atoms with van der Waals surface area (Å²) in [4.78, 5) is 34.4. The number of rotatable bonds is 10. The molecule has 31 heavy (non-hydrogen) atoms. The van der Waals surface area contributed by atoms with Crippen molar-refractivity contribution in [1.29, 1.82) is 0 Å². The summed E-state index contributed by atoms with van der Waals surface area (Å²) >= 11 is 6.00. The molecule has 0 bridgehead atoms. The van der Waals surface area contributed by atoms with Gasteiger partial charge in [-0.2, -0.15) is 0 Å². The van der Waals surface area contributed by atoms with Crippen LogP contribution in [0.2, 0.25) is 5.02 Å². The van der Waals surface area contributed by atoms with Crippen molar-refractivity contribution in [3.05, 3.63) is 41.3 Å². The maximum Gasteiger partial charge on any atom is 0.223 e. The molecule has 168 valence electrons. The molecule has 6 nitrogen and oxygen atoms in total. The Morgan fingerprint density at radius 2 is 1.90 bits per heavy atom. The van der Waals surface area contributed by atoms with Crippen molar-refractivity contribution >= 4 is 23.3 Å². The molecule has 3 rings (SSSR count). The van der Waals surface area contributed by atoms with Crippen molar-refractivity contribution in [3.8, 4) is 11.3 Å². The number of aromatic amines is 1. The van der Waals surface area contributed by atoms with Crippen LogP contribution in [0.4, 0.5) is 0 Å². The van der Waals surface area contributed by atoms with Gasteiger partial charge in [-0.1, -0.05) is 36.6 Å². The quantitative estimate of drug-likeness (QED) is 0.517. The molecular formula is C24H33ClN4O2. The Hall–Kier alpha value is -2.18. The highest BCUT2D eigenvalue weighted by atomic mass is 35.5. The molecule has 1 amide bonds. The van der Waals surface area contributed by atoms with Crippen molar-refractivity contribution in [3.63, 3.8) is 0 Å². The minimum atomic E-state index is -0.162. The fourth-order valence-electron chi connectivity index (χ4n) is 4.03. The first-order valence-electron chi connectivity index (χ1n) is 11.2. The van der Waals surface area contributed by atoms with Crippen molar-refractivity contribution in [1.82, 2.24) is 20.2 Å². The van der Waals surface area contributed by atoms with Crippen LogP contribution < -0.4 is 5.32 Å². The third kappa shape index (κ3) is 7.18. The summed E-state index contributed by atoms with van der Waals surface area (Å²) in [6.45, 7) is 3.54. The molecule has 2 heterocycles. The van der Waals surface area contributed by atoms with Crippen molar-refractivity contribution in [2.24, 2.45) is 5.92 Å². The Bertz CT molecular complexity index is 857. The Labute approximate surface area is 189 Å². The van der Waals surface area contributed by atoms with Gasteiger partial charge in [0.25, 0.3) is 0 Å². The number of nitrogens with zero attached hydrogens (tertiary/aromatic N) is 2. The first-order chi connectivity index (χ1) is 14.9. The van der Waals surface area contributed by atoms with E-state index >= 15 is 0 Å². The second-order valence-corrected chi connectivity index (χ2v) is 9.07. The number of likely N-dealkylation sites (tertiary alicyclic amines) is 1. The van der Waals surface area contributed by atoms with Crippen molar-refractivity contribution in [2.75, 3.05) is 20.1 Å². The van der Waals surface area contributed by atoms with Crippen LogP contribution in [0.15, 0.2) is 30.5 Å². The lowest BCUT2D eigenvalue weighted by molar-refractivity contribution is -0.127. The van der Waals surface area contributed by atoms with Gasteiger partial charge in [0.05, 0.1) is 17.9 Å². The topological polar surface area (TPSA) is 78.1 Å². The van der Waals surface area contributed by atoms with Gasteiger partial charge in [-0.15, -0.1) is 0 Å². The molecule has 2 N–H and O–H groups in total. The number of amides is 1. The van der Waals surface area contributed by atoms with E-state index in [-0.39, 0.29) is 23.7 Å². The van der Waals surface area contributed by atoms with E-state index in [1.165, 1.54) is 0 Å². The minimum Gasteiger partial charge on any atom is -0.346 e. The number of unbranched alkanes of at least 4 members (excludes halogenated alkanes) is 2. The molecule has 0 saturated carbocycles. The van der Waals surface area contributed by atoms with Gasteiger partial charge < -0.3 is 20.0 Å². The summed E-state index contributed by atoms with van der Waals surface area (Å²) in [6.07, 6.45) is 7.79. The van der Waals surface area contributed by atoms with Crippen LogP contribution in [0.1, 0.15) is 63.7 Å². The number of carbonyl (C=O) groups excluding carboxylic acids is 2. The normalized spacial score (nSPS) is 16.2. The van der Waals surface area contributed by atoms with Gasteiger partial charge in [0.1, 0.15) is 11.6 Å². The number of aromatic nitrogens is 2. The molecule has 0 aliphatic carbocycles. The molecule has 0 radical (unpaired) electrons. The number of hydrogen-bond acceptors (Lipinski definition) is 4. The summed E-state index contributed by atoms with van der Waals surface area (Å²) < 4.78 is 0. The van der Waals surface area contributed by atoms with E-state index in [4.69, 9.17) is 11.6 Å². The van der Waals surface area contributed by atoms with Crippen LogP contribution in [0, 0.1) is 5.92 Å². The van der Waals surface area contributed by atoms with E-state index in [0.717, 1.165) is 68.7 Å². The van der Waals surface area contributed by atoms with Crippen LogP contribution in [-0.2, 0) is 9.59 Å². The van der Waals surface area contributed by atoms with Gasteiger partial charge in [-0.3, -0.25) is 4.79 Å². The maximum atomic E-state index is 13.0. The first-order valence-corrected chi connectivity index (χ1v) is 11.6. The Morgan fingerprint density at radius 1 is 1.19 bits per heavy atom. The highest BCUT2D eigenvalue weighted by Gasteiger charge is 2.26. The average molecular weight is 445 g/mol. The van der Waals surface area contributed by atoms with Gasteiger partial charge in [0.15, 0.2) is 0 Å². The monoisotopic (exact) mass is 444 g/mol. The first kappa shape index (κ1) is 23.5. The number of hydrogen-bond donors (Lipinski definition) is 2. The molecule has 1 aliphatic heterocycles. The lowest BCUT2D eigenvalue weighted by Crippen LogP contribution is -2.40. The number of piperidine rings is 1. The van der Waals surface area contributed by atoms with Gasteiger partial charge in [-0.05, 0) is 70.4 Å². The molecule has 1 aliphatic rings. The molecule has 0 spiro atoms. The fourth-order valence-corrected chi connectivity index (χ4v) is 4.15. The zero-order valence-corrected chi connectivity index (χ0v) is 19.3. The number of Topliss-reactive ketones (excluding diaryl/α,β-unsaturated/α-hetero) is 1. The predicted octanol–water partition coefficient (Wildman–Crippen LogP) is 4.77. The Kier molecular flexibility index (Phi) is 8.67. The number of benzene rings is 1. The zero-order valence-electron chi connectivity index (χ0n) is 18.5. The lowest BCUT2D eigenvalue weighted by atomic mass is 9.95. The summed E-state index contributed by atoms with van der Waals surface area (Å²) in [6, 6.07) is 7.45. The Morgan fingerprint density at radius 3 is 2.58 bits per heavy atom. The largest absolute Gasteiger partial charge is 0.346 e. The van der Waals surface area contributed by atoms with Gasteiger partial charge in [0.2, 0.25) is 5.91 Å². The number of imidazole rings is 1. The van der Waals surface area contributed by atoms with E-state index in [1.807, 2.05) is 30.5 Å². The molecular weight excluding hydrogens is 412 g/mol. The maximum absolute atomic E-state index is 13.0. The third-order valence-electron chi connectivity index (χ3n) is 6.01. The highest BCUT2D eigenvalue weighted by Crippen LogP contribution is 2.25. The number of ketones is 1. The molecule has 1 unspecified atom stereocenters. The number of H-pyrrole nitrogens is 1. The predicted molar refractivity (Wildman–Crippen MR) is 124 cm³/mol. The van der Waals surface area contributed by atoms with E-state index in [9.17, 15) is 9.59 Å². The van der Waals surface area contributed by atoms with Gasteiger partial charge in [0, 0.05) is 17.4 Å². The zero-order chi connectivity index (χ0) is 22.2. The summed E-state index contributed by atoms with van der Waals surface area (Å²) in [7, 11) is 2.10. The summed E-state index contributed by atoms with van der Waals surface area (Å²) in [5.74, 6) is 1.18. The van der Waals surface area contributed by atoms with Crippen LogP contribution in [0.3, 0.4) is 0 Å².